The fraction of sp³-hybridized carbons (Fsp3) is 0.545. The lowest BCUT2D eigenvalue weighted by molar-refractivity contribution is -0.166. The second kappa shape index (κ2) is 13.0. The molecule has 2 aliphatic carbocycles. The van der Waals surface area contributed by atoms with E-state index >= 15 is 0 Å². The van der Waals surface area contributed by atoms with Crippen LogP contribution in [0.2, 0.25) is 5.02 Å². The SMILES string of the molecule is CCOC(=O)C1(C2CCCCC2)CCN(C(=O)C(Cc2ccc(Cl)cc2)NC(=O)C2Cc3ccccc3C2N)CC1. The number of halogens is 1. The van der Waals surface area contributed by atoms with Crippen molar-refractivity contribution in [2.45, 2.75) is 76.8 Å². The Morgan fingerprint density at radius 1 is 1.05 bits per heavy atom. The molecule has 0 radical (unpaired) electrons. The van der Waals surface area contributed by atoms with E-state index in [4.69, 9.17) is 22.1 Å². The van der Waals surface area contributed by atoms with Crippen LogP contribution in [0.5, 0.6) is 0 Å². The molecule has 2 aromatic carbocycles. The molecule has 0 bridgehead atoms. The number of nitrogens with two attached hydrogens (primary N) is 1. The van der Waals surface area contributed by atoms with Crippen LogP contribution in [-0.4, -0.2) is 48.4 Å². The lowest BCUT2D eigenvalue weighted by Gasteiger charge is -2.46. The number of amides is 2. The molecule has 3 N–H and O–H groups in total. The number of hydrogen-bond donors (Lipinski definition) is 2. The molecule has 5 rings (SSSR count). The second-order valence-electron chi connectivity index (χ2n) is 12.0. The Kier molecular flexibility index (Phi) is 9.35. The topological polar surface area (TPSA) is 102 Å². The predicted octanol–water partition coefficient (Wildman–Crippen LogP) is 4.99. The molecule has 1 heterocycles. The van der Waals surface area contributed by atoms with Crippen LogP contribution >= 0.6 is 11.6 Å². The largest absolute Gasteiger partial charge is 0.466 e. The van der Waals surface area contributed by atoms with Crippen LogP contribution in [0.25, 0.3) is 0 Å². The number of nitrogens with zero attached hydrogens (tertiary/aromatic N) is 1. The van der Waals surface area contributed by atoms with Gasteiger partial charge in [0.25, 0.3) is 0 Å². The fourth-order valence-corrected chi connectivity index (χ4v) is 7.40. The van der Waals surface area contributed by atoms with E-state index in [0.717, 1.165) is 42.4 Å². The van der Waals surface area contributed by atoms with Crippen LogP contribution in [0.3, 0.4) is 0 Å². The van der Waals surface area contributed by atoms with E-state index < -0.39 is 23.4 Å². The van der Waals surface area contributed by atoms with Gasteiger partial charge in [0.1, 0.15) is 6.04 Å². The van der Waals surface area contributed by atoms with Crippen molar-refractivity contribution in [3.63, 3.8) is 0 Å². The zero-order valence-corrected chi connectivity index (χ0v) is 24.7. The van der Waals surface area contributed by atoms with E-state index in [2.05, 4.69) is 5.32 Å². The van der Waals surface area contributed by atoms with Gasteiger partial charge in [-0.3, -0.25) is 14.4 Å². The van der Waals surface area contributed by atoms with Crippen molar-refractivity contribution in [2.24, 2.45) is 23.0 Å². The van der Waals surface area contributed by atoms with E-state index in [0.29, 0.717) is 56.3 Å². The molecule has 1 saturated carbocycles. The second-order valence-corrected chi connectivity index (χ2v) is 12.4. The third-order valence-electron chi connectivity index (χ3n) is 9.63. The predicted molar refractivity (Wildman–Crippen MR) is 159 cm³/mol. The zero-order chi connectivity index (χ0) is 29.0. The highest BCUT2D eigenvalue weighted by Gasteiger charge is 2.49. The normalized spacial score (nSPS) is 23.0. The van der Waals surface area contributed by atoms with Gasteiger partial charge in [-0.05, 0) is 73.8 Å². The number of hydrogen-bond acceptors (Lipinski definition) is 5. The molecule has 7 nitrogen and oxygen atoms in total. The van der Waals surface area contributed by atoms with Gasteiger partial charge < -0.3 is 20.7 Å². The number of carbonyl (C=O) groups is 3. The molecular weight excluding hydrogens is 538 g/mol. The first-order chi connectivity index (χ1) is 19.8. The molecular formula is C33H42ClN3O4. The molecule has 8 heteroatoms. The Balaban J connectivity index is 1.32. The van der Waals surface area contributed by atoms with E-state index in [1.165, 1.54) is 6.42 Å². The van der Waals surface area contributed by atoms with Crippen LogP contribution in [0.15, 0.2) is 48.5 Å². The van der Waals surface area contributed by atoms with Crippen LogP contribution in [0.1, 0.15) is 74.6 Å². The number of rotatable bonds is 8. The minimum atomic E-state index is -0.746. The summed E-state index contributed by atoms with van der Waals surface area (Å²) < 4.78 is 5.59. The van der Waals surface area contributed by atoms with Gasteiger partial charge in [-0.1, -0.05) is 67.3 Å². The standard InChI is InChI=1S/C33H42ClN3O4/c1-2-41-32(40)33(24-9-4-3-5-10-24)16-18-37(19-17-33)31(39)28(20-22-12-14-25(34)15-13-22)36-30(38)27-21-23-8-6-7-11-26(23)29(27)35/h6-8,11-15,24,27-29H,2-5,9-10,16-21,35H2,1H3,(H,36,38). The molecule has 1 saturated heterocycles. The number of carbonyl (C=O) groups excluding carboxylic acids is 3. The molecule has 3 atom stereocenters. The lowest BCUT2D eigenvalue weighted by atomic mass is 9.63. The van der Waals surface area contributed by atoms with Crippen molar-refractivity contribution < 1.29 is 19.1 Å². The van der Waals surface area contributed by atoms with Crippen LogP contribution in [0.4, 0.5) is 0 Å². The highest BCUT2D eigenvalue weighted by Crippen LogP contribution is 2.47. The van der Waals surface area contributed by atoms with Gasteiger partial charge in [0.15, 0.2) is 0 Å². The summed E-state index contributed by atoms with van der Waals surface area (Å²) in [6.45, 7) is 3.15. The summed E-state index contributed by atoms with van der Waals surface area (Å²) in [5.74, 6) is -0.584. The molecule has 0 aromatic heterocycles. The summed E-state index contributed by atoms with van der Waals surface area (Å²) in [6.07, 6.45) is 7.63. The number of piperidine rings is 1. The Morgan fingerprint density at radius 2 is 1.73 bits per heavy atom. The number of ether oxygens (including phenoxy) is 1. The number of nitrogens with one attached hydrogen (secondary N) is 1. The molecule has 2 fully saturated rings. The third kappa shape index (κ3) is 6.31. The highest BCUT2D eigenvalue weighted by atomic mass is 35.5. The molecule has 220 valence electrons. The number of esters is 1. The highest BCUT2D eigenvalue weighted by molar-refractivity contribution is 6.30. The molecule has 2 amide bonds. The average Bonchev–Trinajstić information content (AvgIpc) is 3.34. The number of fused-ring (bicyclic) bond motifs is 1. The molecule has 3 unspecified atom stereocenters. The molecule has 41 heavy (non-hydrogen) atoms. The Hall–Kier alpha value is -2.90. The summed E-state index contributed by atoms with van der Waals surface area (Å²) in [7, 11) is 0. The van der Waals surface area contributed by atoms with E-state index in [1.54, 1.807) is 12.1 Å². The lowest BCUT2D eigenvalue weighted by Crippen LogP contribution is -2.56. The van der Waals surface area contributed by atoms with Crippen molar-refractivity contribution in [1.29, 1.82) is 0 Å². The average molecular weight is 580 g/mol. The first-order valence-electron chi connectivity index (χ1n) is 15.2. The van der Waals surface area contributed by atoms with Gasteiger partial charge in [-0.2, -0.15) is 0 Å². The Labute approximate surface area is 248 Å². The smallest absolute Gasteiger partial charge is 0.312 e. The maximum atomic E-state index is 14.0. The number of benzene rings is 2. The van der Waals surface area contributed by atoms with Crippen LogP contribution in [0, 0.1) is 17.3 Å². The zero-order valence-electron chi connectivity index (χ0n) is 23.9. The van der Waals surface area contributed by atoms with Crippen molar-refractivity contribution in [3.05, 3.63) is 70.2 Å². The summed E-state index contributed by atoms with van der Waals surface area (Å²) in [5.41, 5.74) is 8.93. The van der Waals surface area contributed by atoms with Crippen molar-refractivity contribution in [1.82, 2.24) is 10.2 Å². The van der Waals surface area contributed by atoms with Gasteiger partial charge in [0, 0.05) is 30.6 Å². The first kappa shape index (κ1) is 29.6. The van der Waals surface area contributed by atoms with Crippen molar-refractivity contribution >= 4 is 29.4 Å². The first-order valence-corrected chi connectivity index (χ1v) is 15.5. The molecule has 2 aromatic rings. The van der Waals surface area contributed by atoms with Gasteiger partial charge in [-0.15, -0.1) is 0 Å². The van der Waals surface area contributed by atoms with E-state index in [1.807, 2.05) is 48.2 Å². The van der Waals surface area contributed by atoms with E-state index in [9.17, 15) is 14.4 Å². The summed E-state index contributed by atoms with van der Waals surface area (Å²) in [5, 5.41) is 3.69. The van der Waals surface area contributed by atoms with Crippen LogP contribution in [-0.2, 0) is 32.0 Å². The summed E-state index contributed by atoms with van der Waals surface area (Å²) >= 11 is 6.11. The quantitative estimate of drug-likeness (QED) is 0.429. The van der Waals surface area contributed by atoms with E-state index in [-0.39, 0.29) is 17.8 Å². The van der Waals surface area contributed by atoms with Crippen LogP contribution < -0.4 is 11.1 Å². The van der Waals surface area contributed by atoms with Gasteiger partial charge >= 0.3 is 5.97 Å². The minimum Gasteiger partial charge on any atom is -0.466 e. The molecule has 0 spiro atoms. The summed E-state index contributed by atoms with van der Waals surface area (Å²) in [4.78, 5) is 42.8. The van der Waals surface area contributed by atoms with Crippen molar-refractivity contribution in [2.75, 3.05) is 19.7 Å². The van der Waals surface area contributed by atoms with Gasteiger partial charge in [0.05, 0.1) is 17.9 Å². The monoisotopic (exact) mass is 579 g/mol. The summed E-state index contributed by atoms with van der Waals surface area (Å²) in [6, 6.07) is 14.1. The molecule has 1 aliphatic heterocycles. The molecule has 3 aliphatic rings. The number of likely N-dealkylation sites (tertiary alicyclic amines) is 1. The minimum absolute atomic E-state index is 0.111. The van der Waals surface area contributed by atoms with Gasteiger partial charge in [0.2, 0.25) is 11.8 Å². The fourth-order valence-electron chi connectivity index (χ4n) is 7.27. The van der Waals surface area contributed by atoms with Gasteiger partial charge in [-0.25, -0.2) is 0 Å². The Bertz CT molecular complexity index is 1240. The maximum absolute atomic E-state index is 14.0. The van der Waals surface area contributed by atoms with Crippen molar-refractivity contribution in [3.8, 4) is 0 Å². The Morgan fingerprint density at radius 3 is 2.39 bits per heavy atom. The maximum Gasteiger partial charge on any atom is 0.312 e. The third-order valence-corrected chi connectivity index (χ3v) is 9.88.